The van der Waals surface area contributed by atoms with Gasteiger partial charge in [0.2, 0.25) is 5.91 Å². The molecule has 0 aromatic heterocycles. The molecule has 1 amide bonds. The number of halogens is 1. The van der Waals surface area contributed by atoms with Gasteiger partial charge in [-0.3, -0.25) is 4.79 Å². The molecule has 3 rings (SSSR count). The second-order valence-corrected chi connectivity index (χ2v) is 5.71. The first-order valence-corrected chi connectivity index (χ1v) is 7.05. The summed E-state index contributed by atoms with van der Waals surface area (Å²) in [5.74, 6) is 1.06. The second-order valence-electron chi connectivity index (χ2n) is 5.30. The molecule has 1 unspecified atom stereocenters. The van der Waals surface area contributed by atoms with E-state index in [-0.39, 0.29) is 5.91 Å². The van der Waals surface area contributed by atoms with Gasteiger partial charge in [-0.25, -0.2) is 0 Å². The number of amides is 1. The van der Waals surface area contributed by atoms with Crippen LogP contribution in [0.15, 0.2) is 12.1 Å². The smallest absolute Gasteiger partial charge is 0.245 e. The number of hydrogen-bond acceptors (Lipinski definition) is 3. The number of carbonyl (C=O) groups is 1. The summed E-state index contributed by atoms with van der Waals surface area (Å²) in [6.45, 7) is 0.693. The zero-order chi connectivity index (χ0) is 13.4. The molecule has 1 heterocycles. The van der Waals surface area contributed by atoms with Gasteiger partial charge in [0, 0.05) is 17.3 Å². The van der Waals surface area contributed by atoms with Gasteiger partial charge in [-0.15, -0.1) is 0 Å². The molecule has 0 saturated heterocycles. The van der Waals surface area contributed by atoms with Gasteiger partial charge >= 0.3 is 0 Å². The average Bonchev–Trinajstić information content (AvgIpc) is 2.98. The molecule has 0 spiro atoms. The molecule has 1 aromatic carbocycles. The van der Waals surface area contributed by atoms with Crippen LogP contribution in [0.3, 0.4) is 0 Å². The van der Waals surface area contributed by atoms with Crippen molar-refractivity contribution in [1.29, 1.82) is 0 Å². The van der Waals surface area contributed by atoms with E-state index in [1.54, 1.807) is 12.1 Å². The van der Waals surface area contributed by atoms with Crippen LogP contribution in [0.2, 0.25) is 5.02 Å². The molecule has 1 saturated carbocycles. The Morgan fingerprint density at radius 2 is 2.11 bits per heavy atom. The number of nitrogens with two attached hydrogens (primary N) is 1. The lowest BCUT2D eigenvalue weighted by Gasteiger charge is -2.14. The Hall–Kier alpha value is -1.26. The minimum absolute atomic E-state index is 0.195. The molecule has 5 heteroatoms. The Bertz CT molecular complexity index is 512. The van der Waals surface area contributed by atoms with Crippen LogP contribution in [0.5, 0.6) is 5.75 Å². The van der Waals surface area contributed by atoms with Crippen molar-refractivity contribution in [2.24, 2.45) is 11.7 Å². The number of rotatable bonds is 3. The topological polar surface area (TPSA) is 64.4 Å². The zero-order valence-electron chi connectivity index (χ0n) is 10.6. The van der Waals surface area contributed by atoms with E-state index in [0.29, 0.717) is 29.0 Å². The standard InChI is InChI=1S/C14H17ClN2O2/c15-10-5-9-11(17-14(18)13(9)16)6-12(10)19-7-8-3-1-2-4-8/h5-6,8,13H,1-4,7,16H2,(H,17,18). The highest BCUT2D eigenvalue weighted by molar-refractivity contribution is 6.32. The Morgan fingerprint density at radius 3 is 2.84 bits per heavy atom. The van der Waals surface area contributed by atoms with Crippen LogP contribution in [-0.4, -0.2) is 12.5 Å². The Morgan fingerprint density at radius 1 is 1.37 bits per heavy atom. The SMILES string of the molecule is NC1C(=O)Nc2cc(OCC3CCCC3)c(Cl)cc21. The van der Waals surface area contributed by atoms with E-state index in [4.69, 9.17) is 22.1 Å². The molecule has 1 fully saturated rings. The van der Waals surface area contributed by atoms with Crippen molar-refractivity contribution < 1.29 is 9.53 Å². The van der Waals surface area contributed by atoms with Crippen molar-refractivity contribution in [3.63, 3.8) is 0 Å². The Labute approximate surface area is 117 Å². The summed E-state index contributed by atoms with van der Waals surface area (Å²) in [5.41, 5.74) is 7.22. The monoisotopic (exact) mass is 280 g/mol. The van der Waals surface area contributed by atoms with Gasteiger partial charge in [0.05, 0.1) is 11.6 Å². The molecule has 1 atom stereocenters. The zero-order valence-corrected chi connectivity index (χ0v) is 11.4. The van der Waals surface area contributed by atoms with E-state index in [1.807, 2.05) is 0 Å². The van der Waals surface area contributed by atoms with Crippen molar-refractivity contribution in [3.8, 4) is 5.75 Å². The number of hydrogen-bond donors (Lipinski definition) is 2. The number of nitrogens with one attached hydrogen (secondary N) is 1. The highest BCUT2D eigenvalue weighted by Gasteiger charge is 2.28. The first-order valence-electron chi connectivity index (χ1n) is 6.68. The lowest BCUT2D eigenvalue weighted by Crippen LogP contribution is -2.19. The summed E-state index contributed by atoms with van der Waals surface area (Å²) < 4.78 is 5.79. The number of ether oxygens (including phenoxy) is 1. The number of benzene rings is 1. The summed E-state index contributed by atoms with van der Waals surface area (Å²) in [4.78, 5) is 11.5. The Kier molecular flexibility index (Phi) is 3.37. The predicted molar refractivity (Wildman–Crippen MR) is 74.5 cm³/mol. The first-order chi connectivity index (χ1) is 9.15. The molecule has 0 radical (unpaired) electrons. The highest BCUT2D eigenvalue weighted by atomic mass is 35.5. The molecule has 1 aliphatic carbocycles. The number of fused-ring (bicyclic) bond motifs is 1. The predicted octanol–water partition coefficient (Wildman–Crippen LogP) is 2.86. The normalized spacial score (nSPS) is 22.4. The molecule has 19 heavy (non-hydrogen) atoms. The van der Waals surface area contributed by atoms with Crippen LogP contribution in [0.25, 0.3) is 0 Å². The first kappa shape index (κ1) is 12.8. The number of carbonyl (C=O) groups excluding carboxylic acids is 1. The molecule has 2 aliphatic rings. The third-order valence-electron chi connectivity index (χ3n) is 3.93. The summed E-state index contributed by atoms with van der Waals surface area (Å²) >= 11 is 6.19. The molecule has 4 nitrogen and oxygen atoms in total. The molecule has 102 valence electrons. The fourth-order valence-electron chi connectivity index (χ4n) is 2.78. The van der Waals surface area contributed by atoms with Crippen molar-refractivity contribution in [2.75, 3.05) is 11.9 Å². The van der Waals surface area contributed by atoms with E-state index in [2.05, 4.69) is 5.32 Å². The molecular weight excluding hydrogens is 264 g/mol. The maximum absolute atomic E-state index is 11.5. The van der Waals surface area contributed by atoms with Gasteiger partial charge in [-0.05, 0) is 24.8 Å². The lowest BCUT2D eigenvalue weighted by atomic mass is 10.1. The van der Waals surface area contributed by atoms with E-state index in [1.165, 1.54) is 25.7 Å². The minimum Gasteiger partial charge on any atom is -0.492 e. The van der Waals surface area contributed by atoms with E-state index in [9.17, 15) is 4.79 Å². The summed E-state index contributed by atoms with van der Waals surface area (Å²) in [6.07, 6.45) is 5.03. The molecule has 1 aliphatic heterocycles. The fraction of sp³-hybridized carbons (Fsp3) is 0.500. The summed E-state index contributed by atoms with van der Waals surface area (Å²) in [6, 6.07) is 2.87. The third kappa shape index (κ3) is 2.42. The van der Waals surface area contributed by atoms with Gasteiger partial charge < -0.3 is 15.8 Å². The van der Waals surface area contributed by atoms with Gasteiger partial charge in [-0.2, -0.15) is 0 Å². The maximum Gasteiger partial charge on any atom is 0.245 e. The van der Waals surface area contributed by atoms with Crippen LogP contribution in [0, 0.1) is 5.92 Å². The van der Waals surface area contributed by atoms with Crippen LogP contribution in [0.4, 0.5) is 5.69 Å². The lowest BCUT2D eigenvalue weighted by molar-refractivity contribution is -0.116. The summed E-state index contributed by atoms with van der Waals surface area (Å²) in [7, 11) is 0. The maximum atomic E-state index is 11.5. The van der Waals surface area contributed by atoms with Crippen LogP contribution in [0.1, 0.15) is 37.3 Å². The van der Waals surface area contributed by atoms with E-state index < -0.39 is 6.04 Å². The molecule has 1 aromatic rings. The van der Waals surface area contributed by atoms with Gasteiger partial charge in [-0.1, -0.05) is 24.4 Å². The second kappa shape index (κ2) is 5.02. The van der Waals surface area contributed by atoms with Crippen molar-refractivity contribution in [3.05, 3.63) is 22.7 Å². The average molecular weight is 281 g/mol. The van der Waals surface area contributed by atoms with Gasteiger partial charge in [0.15, 0.2) is 0 Å². The van der Waals surface area contributed by atoms with Crippen LogP contribution in [-0.2, 0) is 4.79 Å². The van der Waals surface area contributed by atoms with Gasteiger partial charge in [0.1, 0.15) is 11.8 Å². The quantitative estimate of drug-likeness (QED) is 0.895. The fourth-order valence-corrected chi connectivity index (χ4v) is 3.01. The molecule has 3 N–H and O–H groups in total. The van der Waals surface area contributed by atoms with Crippen molar-refractivity contribution in [1.82, 2.24) is 0 Å². The van der Waals surface area contributed by atoms with Gasteiger partial charge in [0.25, 0.3) is 0 Å². The molecule has 0 bridgehead atoms. The van der Waals surface area contributed by atoms with Crippen LogP contribution >= 0.6 is 11.6 Å². The third-order valence-corrected chi connectivity index (χ3v) is 4.22. The minimum atomic E-state index is -0.628. The summed E-state index contributed by atoms with van der Waals surface area (Å²) in [5, 5.41) is 3.26. The Balaban J connectivity index is 1.76. The molecular formula is C14H17ClN2O2. The largest absolute Gasteiger partial charge is 0.492 e. The van der Waals surface area contributed by atoms with E-state index in [0.717, 1.165) is 5.56 Å². The van der Waals surface area contributed by atoms with Crippen molar-refractivity contribution in [2.45, 2.75) is 31.7 Å². The van der Waals surface area contributed by atoms with E-state index >= 15 is 0 Å². The number of anilines is 1. The van der Waals surface area contributed by atoms with Crippen LogP contribution < -0.4 is 15.8 Å². The van der Waals surface area contributed by atoms with Crippen molar-refractivity contribution >= 4 is 23.2 Å². The highest BCUT2D eigenvalue weighted by Crippen LogP contribution is 2.38.